The second-order valence-electron chi connectivity index (χ2n) is 9.18. The largest absolute Gasteiger partial charge is 0.511 e. The molecule has 1 nitrogen and oxygen atoms in total. The molecule has 0 saturated heterocycles. The first-order valence-electron chi connectivity index (χ1n) is 11.2. The van der Waals surface area contributed by atoms with Crippen molar-refractivity contribution in [2.75, 3.05) is 0 Å². The van der Waals surface area contributed by atoms with Crippen LogP contribution in [-0.4, -0.2) is 5.11 Å². The highest BCUT2D eigenvalue weighted by Gasteiger charge is 2.52. The Morgan fingerprint density at radius 1 is 0.677 bits per heavy atom. The number of allylic oxidation sites excluding steroid dienone is 4. The zero-order chi connectivity index (χ0) is 22.2. The summed E-state index contributed by atoms with van der Waals surface area (Å²) in [6.45, 7) is 10.7. The first kappa shape index (κ1) is 21.2. The highest BCUT2D eigenvalue weighted by molar-refractivity contribution is 5.79. The van der Waals surface area contributed by atoms with Gasteiger partial charge in [0.15, 0.2) is 0 Å². The predicted molar refractivity (Wildman–Crippen MR) is 132 cm³/mol. The third kappa shape index (κ3) is 3.43. The van der Waals surface area contributed by atoms with Gasteiger partial charge in [0.1, 0.15) is 5.76 Å². The highest BCUT2D eigenvalue weighted by Crippen LogP contribution is 2.55. The van der Waals surface area contributed by atoms with Crippen molar-refractivity contribution in [2.24, 2.45) is 0 Å². The quantitative estimate of drug-likeness (QED) is 0.468. The lowest BCUT2D eigenvalue weighted by Crippen LogP contribution is -2.48. The molecule has 3 aromatic carbocycles. The average Bonchev–Trinajstić information content (AvgIpc) is 2.77. The molecule has 1 heteroatoms. The fourth-order valence-corrected chi connectivity index (χ4v) is 5.06. The van der Waals surface area contributed by atoms with E-state index in [1.165, 1.54) is 22.3 Å². The van der Waals surface area contributed by atoms with E-state index < -0.39 is 5.41 Å². The summed E-state index contributed by atoms with van der Waals surface area (Å²) in [7, 11) is 0. The maximum absolute atomic E-state index is 11.6. The van der Waals surface area contributed by atoms with Crippen LogP contribution in [0.2, 0.25) is 0 Å². The van der Waals surface area contributed by atoms with Gasteiger partial charge in [-0.3, -0.25) is 0 Å². The van der Waals surface area contributed by atoms with Crippen LogP contribution in [0.4, 0.5) is 0 Å². The Labute approximate surface area is 186 Å². The SMILES string of the molecule is CCC1(c2ccc(C)cc2)C=C(c2ccc(C)cc2)C=C(O)C1(C)c1ccc(C)cc1. The number of aliphatic hydroxyl groups is 1. The second-order valence-corrected chi connectivity index (χ2v) is 9.18. The van der Waals surface area contributed by atoms with Crippen molar-refractivity contribution < 1.29 is 5.11 Å². The van der Waals surface area contributed by atoms with Gasteiger partial charge in [-0.15, -0.1) is 0 Å². The van der Waals surface area contributed by atoms with E-state index in [2.05, 4.69) is 113 Å². The molecule has 1 aliphatic rings. The van der Waals surface area contributed by atoms with Gasteiger partial charge < -0.3 is 5.11 Å². The minimum absolute atomic E-state index is 0.380. The van der Waals surface area contributed by atoms with Crippen molar-refractivity contribution in [1.82, 2.24) is 0 Å². The molecule has 0 aromatic heterocycles. The molecule has 1 aliphatic carbocycles. The molecule has 3 aromatic rings. The maximum atomic E-state index is 11.6. The fraction of sp³-hybridized carbons (Fsp3) is 0.267. The predicted octanol–water partition coefficient (Wildman–Crippen LogP) is 7.76. The molecule has 0 fully saturated rings. The van der Waals surface area contributed by atoms with E-state index in [9.17, 15) is 5.11 Å². The molecule has 0 aliphatic heterocycles. The molecule has 2 atom stereocenters. The van der Waals surface area contributed by atoms with Crippen molar-refractivity contribution in [3.63, 3.8) is 0 Å². The van der Waals surface area contributed by atoms with E-state index >= 15 is 0 Å². The smallest absolute Gasteiger partial charge is 0.104 e. The lowest BCUT2D eigenvalue weighted by Gasteiger charge is -2.50. The summed E-state index contributed by atoms with van der Waals surface area (Å²) in [5.74, 6) is 0.414. The van der Waals surface area contributed by atoms with Crippen LogP contribution in [0.5, 0.6) is 0 Å². The fourth-order valence-electron chi connectivity index (χ4n) is 5.06. The molecule has 0 saturated carbocycles. The van der Waals surface area contributed by atoms with Gasteiger partial charge in [0.25, 0.3) is 0 Å². The summed E-state index contributed by atoms with van der Waals surface area (Å²) >= 11 is 0. The zero-order valence-electron chi connectivity index (χ0n) is 19.2. The summed E-state index contributed by atoms with van der Waals surface area (Å²) < 4.78 is 0. The molecule has 2 unspecified atom stereocenters. The molecule has 31 heavy (non-hydrogen) atoms. The van der Waals surface area contributed by atoms with Crippen LogP contribution >= 0.6 is 0 Å². The van der Waals surface area contributed by atoms with Crippen molar-refractivity contribution in [3.05, 3.63) is 124 Å². The van der Waals surface area contributed by atoms with Gasteiger partial charge in [-0.05, 0) is 62.5 Å². The van der Waals surface area contributed by atoms with Gasteiger partial charge in [-0.1, -0.05) is 102 Å². The minimum Gasteiger partial charge on any atom is -0.511 e. The van der Waals surface area contributed by atoms with Crippen molar-refractivity contribution in [2.45, 2.75) is 51.9 Å². The van der Waals surface area contributed by atoms with Crippen LogP contribution in [0.15, 0.2) is 90.7 Å². The van der Waals surface area contributed by atoms with Gasteiger partial charge >= 0.3 is 0 Å². The van der Waals surface area contributed by atoms with Gasteiger partial charge in [0.2, 0.25) is 0 Å². The Kier molecular flexibility index (Phi) is 5.39. The van der Waals surface area contributed by atoms with Crippen LogP contribution in [0.25, 0.3) is 5.57 Å². The van der Waals surface area contributed by atoms with Crippen LogP contribution in [0, 0.1) is 20.8 Å². The number of hydrogen-bond donors (Lipinski definition) is 1. The average molecular weight is 409 g/mol. The third-order valence-corrected chi connectivity index (χ3v) is 7.24. The summed E-state index contributed by atoms with van der Waals surface area (Å²) in [5.41, 5.74) is 7.32. The molecule has 0 radical (unpaired) electrons. The summed E-state index contributed by atoms with van der Waals surface area (Å²) in [6, 6.07) is 26.0. The summed E-state index contributed by atoms with van der Waals surface area (Å²) in [6.07, 6.45) is 5.22. The van der Waals surface area contributed by atoms with Gasteiger partial charge in [0, 0.05) is 5.41 Å². The standard InChI is InChI=1S/C30H32O/c1-6-30(27-17-11-23(4)12-18-27)20-25(24-13-7-21(2)8-14-24)19-28(31)29(30,5)26-15-9-22(3)10-16-26/h7-20,31H,6H2,1-5H3. The molecular formula is C30H32O. The van der Waals surface area contributed by atoms with Gasteiger partial charge in [-0.2, -0.15) is 0 Å². The van der Waals surface area contributed by atoms with Crippen molar-refractivity contribution in [3.8, 4) is 0 Å². The zero-order valence-corrected chi connectivity index (χ0v) is 19.2. The van der Waals surface area contributed by atoms with E-state index in [1.807, 2.05) is 6.08 Å². The lowest BCUT2D eigenvalue weighted by atomic mass is 9.53. The number of hydrogen-bond acceptors (Lipinski definition) is 1. The van der Waals surface area contributed by atoms with Crippen LogP contribution in [0.1, 0.15) is 53.6 Å². The Bertz CT molecular complexity index is 1130. The molecule has 0 amide bonds. The monoisotopic (exact) mass is 408 g/mol. The number of aryl methyl sites for hydroxylation is 3. The normalized spacial score (nSPS) is 23.3. The number of rotatable bonds is 4. The summed E-state index contributed by atoms with van der Waals surface area (Å²) in [4.78, 5) is 0. The topological polar surface area (TPSA) is 20.2 Å². The molecule has 0 spiro atoms. The van der Waals surface area contributed by atoms with Crippen LogP contribution in [-0.2, 0) is 10.8 Å². The minimum atomic E-state index is -0.571. The molecule has 4 rings (SSSR count). The summed E-state index contributed by atoms with van der Waals surface area (Å²) in [5, 5.41) is 11.6. The van der Waals surface area contributed by atoms with Crippen LogP contribution in [0.3, 0.4) is 0 Å². The molecule has 0 heterocycles. The van der Waals surface area contributed by atoms with E-state index in [0.717, 1.165) is 23.1 Å². The second kappa shape index (κ2) is 7.89. The maximum Gasteiger partial charge on any atom is 0.104 e. The Hall–Kier alpha value is -3.06. The van der Waals surface area contributed by atoms with Crippen molar-refractivity contribution >= 4 is 5.57 Å². The van der Waals surface area contributed by atoms with E-state index in [1.54, 1.807) is 0 Å². The molecule has 1 N–H and O–H groups in total. The van der Waals surface area contributed by atoms with E-state index in [-0.39, 0.29) is 5.41 Å². The first-order chi connectivity index (χ1) is 14.8. The first-order valence-corrected chi connectivity index (χ1v) is 11.2. The number of benzene rings is 3. The van der Waals surface area contributed by atoms with Gasteiger partial charge in [0.05, 0.1) is 5.41 Å². The molecular weight excluding hydrogens is 376 g/mol. The van der Waals surface area contributed by atoms with Crippen molar-refractivity contribution in [1.29, 1.82) is 0 Å². The van der Waals surface area contributed by atoms with Gasteiger partial charge in [-0.25, -0.2) is 0 Å². The Morgan fingerprint density at radius 3 is 1.61 bits per heavy atom. The van der Waals surface area contributed by atoms with E-state index in [0.29, 0.717) is 5.76 Å². The number of aliphatic hydroxyl groups excluding tert-OH is 1. The molecule has 0 bridgehead atoms. The van der Waals surface area contributed by atoms with Crippen LogP contribution < -0.4 is 0 Å². The third-order valence-electron chi connectivity index (χ3n) is 7.24. The highest BCUT2D eigenvalue weighted by atomic mass is 16.3. The lowest BCUT2D eigenvalue weighted by molar-refractivity contribution is 0.219. The molecule has 158 valence electrons. The Morgan fingerprint density at radius 2 is 1.13 bits per heavy atom. The van der Waals surface area contributed by atoms with E-state index in [4.69, 9.17) is 0 Å². The Balaban J connectivity index is 2.00.